The second kappa shape index (κ2) is 13.7. The lowest BCUT2D eigenvalue weighted by Crippen LogP contribution is -2.38. The van der Waals surface area contributed by atoms with Crippen molar-refractivity contribution in [1.29, 1.82) is 0 Å². The number of rotatable bonds is 10. The van der Waals surface area contributed by atoms with E-state index in [4.69, 9.17) is 4.74 Å². The summed E-state index contributed by atoms with van der Waals surface area (Å²) in [5.41, 5.74) is 1.29. The van der Waals surface area contributed by atoms with Crippen LogP contribution in [0.15, 0.2) is 29.3 Å². The molecule has 1 aromatic carbocycles. The first-order chi connectivity index (χ1) is 14.2. The molecule has 168 valence electrons. The van der Waals surface area contributed by atoms with Crippen molar-refractivity contribution < 1.29 is 9.53 Å². The first-order valence-electron chi connectivity index (χ1n) is 11.3. The van der Waals surface area contributed by atoms with Gasteiger partial charge in [0.05, 0.1) is 6.10 Å². The van der Waals surface area contributed by atoms with Crippen LogP contribution in [0.1, 0.15) is 57.4 Å². The fourth-order valence-corrected chi connectivity index (χ4v) is 3.99. The van der Waals surface area contributed by atoms with E-state index in [1.807, 2.05) is 4.90 Å². The van der Waals surface area contributed by atoms with Crippen LogP contribution in [0.2, 0.25) is 0 Å². The minimum absolute atomic E-state index is 0. The van der Waals surface area contributed by atoms with Gasteiger partial charge in [-0.2, -0.15) is 0 Å². The van der Waals surface area contributed by atoms with Crippen molar-refractivity contribution in [2.24, 2.45) is 4.99 Å². The van der Waals surface area contributed by atoms with E-state index in [-0.39, 0.29) is 24.0 Å². The van der Waals surface area contributed by atoms with Crippen LogP contribution in [0, 0.1) is 0 Å². The van der Waals surface area contributed by atoms with E-state index in [2.05, 4.69) is 46.8 Å². The van der Waals surface area contributed by atoms with E-state index in [0.29, 0.717) is 18.4 Å². The monoisotopic (exact) mass is 528 g/mol. The molecule has 0 radical (unpaired) electrons. The standard InChI is InChI=1S/C23H36N4O2.HI/c1-2-24-23(25-15-6-18-27-17-5-9-22(27)28)26-16-14-19-10-12-21(13-11-19)29-20-7-3-4-8-20;/h10-13,20H,2-9,14-18H2,1H3,(H2,24,25,26);1H. The number of halogens is 1. The molecule has 2 N–H and O–H groups in total. The summed E-state index contributed by atoms with van der Waals surface area (Å²) < 4.78 is 6.03. The summed E-state index contributed by atoms with van der Waals surface area (Å²) in [6, 6.07) is 8.49. The van der Waals surface area contributed by atoms with Crippen molar-refractivity contribution in [3.8, 4) is 5.75 Å². The third kappa shape index (κ3) is 8.32. The van der Waals surface area contributed by atoms with Crippen LogP contribution in [0.4, 0.5) is 0 Å². The summed E-state index contributed by atoms with van der Waals surface area (Å²) in [5, 5.41) is 6.70. The van der Waals surface area contributed by atoms with Gasteiger partial charge in [-0.1, -0.05) is 12.1 Å². The minimum atomic E-state index is 0. The van der Waals surface area contributed by atoms with Gasteiger partial charge in [0.2, 0.25) is 5.91 Å². The van der Waals surface area contributed by atoms with Gasteiger partial charge in [-0.15, -0.1) is 24.0 Å². The summed E-state index contributed by atoms with van der Waals surface area (Å²) in [5.74, 6) is 2.13. The maximum atomic E-state index is 11.6. The summed E-state index contributed by atoms with van der Waals surface area (Å²) >= 11 is 0. The molecule has 2 fully saturated rings. The van der Waals surface area contributed by atoms with E-state index in [1.165, 1.54) is 31.2 Å². The minimum Gasteiger partial charge on any atom is -0.490 e. The molecular weight excluding hydrogens is 491 g/mol. The Bertz CT molecular complexity index is 660. The number of hydrogen-bond donors (Lipinski definition) is 2. The number of benzene rings is 1. The number of ether oxygens (including phenoxy) is 1. The van der Waals surface area contributed by atoms with Crippen molar-refractivity contribution in [2.75, 3.05) is 32.7 Å². The third-order valence-corrected chi connectivity index (χ3v) is 5.61. The summed E-state index contributed by atoms with van der Waals surface area (Å²) in [6.07, 6.45) is 8.92. The maximum Gasteiger partial charge on any atom is 0.222 e. The molecule has 2 aliphatic rings. The van der Waals surface area contributed by atoms with Gasteiger partial charge in [0.15, 0.2) is 5.96 Å². The van der Waals surface area contributed by atoms with Crippen molar-refractivity contribution in [3.05, 3.63) is 29.8 Å². The van der Waals surface area contributed by atoms with E-state index in [0.717, 1.165) is 63.7 Å². The molecule has 0 spiro atoms. The molecule has 0 atom stereocenters. The van der Waals surface area contributed by atoms with E-state index < -0.39 is 0 Å². The molecule has 1 heterocycles. The van der Waals surface area contributed by atoms with Gasteiger partial charge in [-0.25, -0.2) is 0 Å². The Kier molecular flexibility index (Phi) is 11.3. The molecule has 1 saturated heterocycles. The van der Waals surface area contributed by atoms with Gasteiger partial charge >= 0.3 is 0 Å². The van der Waals surface area contributed by atoms with Crippen molar-refractivity contribution >= 4 is 35.8 Å². The SMILES string of the molecule is CCNC(=NCCCN1CCCC1=O)NCCc1ccc(OC2CCCC2)cc1.I. The van der Waals surface area contributed by atoms with Crippen LogP contribution in [0.25, 0.3) is 0 Å². The quantitative estimate of drug-likeness (QED) is 0.210. The van der Waals surface area contributed by atoms with Crippen molar-refractivity contribution in [2.45, 2.75) is 64.4 Å². The second-order valence-electron chi connectivity index (χ2n) is 7.94. The average Bonchev–Trinajstić information content (AvgIpc) is 3.38. The van der Waals surface area contributed by atoms with Gasteiger partial charge in [0.1, 0.15) is 5.75 Å². The topological polar surface area (TPSA) is 66.0 Å². The smallest absolute Gasteiger partial charge is 0.222 e. The van der Waals surface area contributed by atoms with Crippen LogP contribution < -0.4 is 15.4 Å². The lowest BCUT2D eigenvalue weighted by Gasteiger charge is -2.15. The normalized spacial score (nSPS) is 17.2. The summed E-state index contributed by atoms with van der Waals surface area (Å²) in [6.45, 7) is 6.20. The first-order valence-corrected chi connectivity index (χ1v) is 11.3. The summed E-state index contributed by atoms with van der Waals surface area (Å²) in [4.78, 5) is 18.2. The van der Waals surface area contributed by atoms with Gasteiger partial charge in [0, 0.05) is 39.1 Å². The number of aliphatic imine (C=N–C) groups is 1. The molecule has 0 bridgehead atoms. The van der Waals surface area contributed by atoms with Crippen LogP contribution in [0.3, 0.4) is 0 Å². The molecule has 6 nitrogen and oxygen atoms in total. The van der Waals surface area contributed by atoms with E-state index in [1.54, 1.807) is 0 Å². The highest BCUT2D eigenvalue weighted by Gasteiger charge is 2.19. The third-order valence-electron chi connectivity index (χ3n) is 5.61. The first kappa shape index (κ1) is 24.8. The maximum absolute atomic E-state index is 11.6. The number of nitrogens with zero attached hydrogens (tertiary/aromatic N) is 2. The van der Waals surface area contributed by atoms with Crippen molar-refractivity contribution in [3.63, 3.8) is 0 Å². The Morgan fingerprint density at radius 1 is 1.17 bits per heavy atom. The molecule has 7 heteroatoms. The van der Waals surface area contributed by atoms with Gasteiger partial charge in [-0.05, 0) is 69.6 Å². The number of amides is 1. The molecule has 30 heavy (non-hydrogen) atoms. The Hall–Kier alpha value is -1.51. The molecule has 0 unspecified atom stereocenters. The molecular formula is C23H37IN4O2. The number of nitrogens with one attached hydrogen (secondary N) is 2. The number of carbonyl (C=O) groups excluding carboxylic acids is 1. The zero-order valence-electron chi connectivity index (χ0n) is 18.2. The zero-order valence-corrected chi connectivity index (χ0v) is 20.5. The number of likely N-dealkylation sites (tertiary alicyclic amines) is 1. The summed E-state index contributed by atoms with van der Waals surface area (Å²) in [7, 11) is 0. The Balaban J connectivity index is 0.00000320. The Labute approximate surface area is 198 Å². The lowest BCUT2D eigenvalue weighted by molar-refractivity contribution is -0.127. The zero-order chi connectivity index (χ0) is 20.3. The highest BCUT2D eigenvalue weighted by Crippen LogP contribution is 2.24. The number of carbonyl (C=O) groups is 1. The van der Waals surface area contributed by atoms with Crippen LogP contribution in [-0.2, 0) is 11.2 Å². The van der Waals surface area contributed by atoms with E-state index in [9.17, 15) is 4.79 Å². The average molecular weight is 528 g/mol. The molecule has 1 saturated carbocycles. The lowest BCUT2D eigenvalue weighted by atomic mass is 10.1. The van der Waals surface area contributed by atoms with Crippen molar-refractivity contribution in [1.82, 2.24) is 15.5 Å². The highest BCUT2D eigenvalue weighted by molar-refractivity contribution is 14.0. The van der Waals surface area contributed by atoms with Gasteiger partial charge in [-0.3, -0.25) is 9.79 Å². The second-order valence-corrected chi connectivity index (χ2v) is 7.94. The number of hydrogen-bond acceptors (Lipinski definition) is 3. The van der Waals surface area contributed by atoms with Crippen LogP contribution >= 0.6 is 24.0 Å². The van der Waals surface area contributed by atoms with Crippen LogP contribution in [0.5, 0.6) is 5.75 Å². The molecule has 1 aliphatic heterocycles. The van der Waals surface area contributed by atoms with Gasteiger partial charge < -0.3 is 20.3 Å². The Morgan fingerprint density at radius 2 is 1.93 bits per heavy atom. The Morgan fingerprint density at radius 3 is 2.60 bits per heavy atom. The molecule has 3 rings (SSSR count). The molecule has 1 amide bonds. The fourth-order valence-electron chi connectivity index (χ4n) is 3.99. The number of guanidine groups is 1. The fraction of sp³-hybridized carbons (Fsp3) is 0.652. The predicted molar refractivity (Wildman–Crippen MR) is 133 cm³/mol. The van der Waals surface area contributed by atoms with Crippen LogP contribution in [-0.4, -0.2) is 55.6 Å². The molecule has 1 aliphatic carbocycles. The van der Waals surface area contributed by atoms with Gasteiger partial charge in [0.25, 0.3) is 0 Å². The highest BCUT2D eigenvalue weighted by atomic mass is 127. The largest absolute Gasteiger partial charge is 0.490 e. The predicted octanol–water partition coefficient (Wildman–Crippen LogP) is 3.74. The molecule has 1 aromatic rings. The van der Waals surface area contributed by atoms with E-state index >= 15 is 0 Å². The molecule has 0 aromatic heterocycles.